The number of benzene rings is 1. The minimum absolute atomic E-state index is 0.0580. The highest BCUT2D eigenvalue weighted by Gasteiger charge is 2.30. The molecule has 0 radical (unpaired) electrons. The largest absolute Gasteiger partial charge is 0.494 e. The van der Waals surface area contributed by atoms with Crippen molar-refractivity contribution < 1.29 is 13.9 Å². The maximum Gasteiger partial charge on any atom is 0.233 e. The molecule has 0 unspecified atom stereocenters. The van der Waals surface area contributed by atoms with Crippen molar-refractivity contribution in [1.82, 2.24) is 19.7 Å². The molecule has 1 aromatic carbocycles. The van der Waals surface area contributed by atoms with Gasteiger partial charge in [0.1, 0.15) is 5.82 Å². The Morgan fingerprint density at radius 2 is 2.26 bits per heavy atom. The van der Waals surface area contributed by atoms with Crippen LogP contribution in [0.15, 0.2) is 36.0 Å². The van der Waals surface area contributed by atoms with Crippen LogP contribution in [0.25, 0.3) is 0 Å². The Morgan fingerprint density at radius 1 is 1.48 bits per heavy atom. The summed E-state index contributed by atoms with van der Waals surface area (Å²) in [6, 6.07) is 4.70. The molecular weight excluding hydrogens is 367 g/mol. The van der Waals surface area contributed by atoms with Crippen molar-refractivity contribution in [1.29, 1.82) is 0 Å². The molecule has 1 fully saturated rings. The van der Waals surface area contributed by atoms with E-state index in [1.165, 1.54) is 24.9 Å². The van der Waals surface area contributed by atoms with Gasteiger partial charge in [0.2, 0.25) is 5.91 Å². The van der Waals surface area contributed by atoms with Gasteiger partial charge in [-0.2, -0.15) is 0 Å². The molecule has 1 heterocycles. The van der Waals surface area contributed by atoms with Gasteiger partial charge in [0, 0.05) is 26.1 Å². The highest BCUT2D eigenvalue weighted by molar-refractivity contribution is 7.99. The minimum Gasteiger partial charge on any atom is -0.494 e. The molecule has 0 aliphatic heterocycles. The van der Waals surface area contributed by atoms with E-state index in [1.807, 2.05) is 10.6 Å². The molecule has 0 N–H and O–H groups in total. The van der Waals surface area contributed by atoms with Gasteiger partial charge in [0.25, 0.3) is 0 Å². The second-order valence-corrected chi connectivity index (χ2v) is 7.46. The Hall–Kier alpha value is -2.35. The van der Waals surface area contributed by atoms with Gasteiger partial charge in [0.05, 0.1) is 12.9 Å². The van der Waals surface area contributed by atoms with E-state index in [1.54, 1.807) is 24.1 Å². The third kappa shape index (κ3) is 4.68. The molecular formula is C19H23FN4O2S. The van der Waals surface area contributed by atoms with Crippen molar-refractivity contribution in [3.63, 3.8) is 0 Å². The van der Waals surface area contributed by atoms with Crippen molar-refractivity contribution in [2.24, 2.45) is 0 Å². The predicted molar refractivity (Wildman–Crippen MR) is 102 cm³/mol. The zero-order chi connectivity index (χ0) is 19.4. The first-order valence-corrected chi connectivity index (χ1v) is 9.75. The number of methoxy groups -OCH3 is 1. The Morgan fingerprint density at radius 3 is 2.89 bits per heavy atom. The van der Waals surface area contributed by atoms with Crippen LogP contribution >= 0.6 is 11.8 Å². The summed E-state index contributed by atoms with van der Waals surface area (Å²) in [7, 11) is 3.12. The Balaban J connectivity index is 1.59. The quantitative estimate of drug-likeness (QED) is 0.486. The Kier molecular flexibility index (Phi) is 6.15. The summed E-state index contributed by atoms with van der Waals surface area (Å²) in [6.45, 7) is 4.75. The van der Waals surface area contributed by atoms with Crippen LogP contribution in [0.2, 0.25) is 0 Å². The van der Waals surface area contributed by atoms with Crippen LogP contribution in [0.1, 0.15) is 30.1 Å². The number of hydrogen-bond donors (Lipinski definition) is 0. The van der Waals surface area contributed by atoms with E-state index < -0.39 is 5.82 Å². The lowest BCUT2D eigenvalue weighted by Crippen LogP contribution is -2.28. The molecule has 6 nitrogen and oxygen atoms in total. The van der Waals surface area contributed by atoms with Gasteiger partial charge >= 0.3 is 0 Å². The second kappa shape index (κ2) is 8.56. The van der Waals surface area contributed by atoms with Crippen LogP contribution in [0.5, 0.6) is 5.75 Å². The van der Waals surface area contributed by atoms with Crippen LogP contribution in [0.4, 0.5) is 4.39 Å². The molecule has 144 valence electrons. The summed E-state index contributed by atoms with van der Waals surface area (Å²) in [4.78, 5) is 14.0. The first-order valence-electron chi connectivity index (χ1n) is 8.76. The zero-order valence-electron chi connectivity index (χ0n) is 15.5. The highest BCUT2D eigenvalue weighted by atomic mass is 32.2. The fraction of sp³-hybridized carbons (Fsp3) is 0.421. The van der Waals surface area contributed by atoms with E-state index in [0.29, 0.717) is 24.6 Å². The standard InChI is InChI=1S/C19H23FN4O2S/c1-4-9-24-18(14-6-7-14)21-22-19(24)27-12-17(25)23(2)11-13-5-8-16(26-3)15(20)10-13/h4-5,8,10,14H,1,6-7,9,11-12H2,2-3H3. The average Bonchev–Trinajstić information content (AvgIpc) is 3.42. The molecule has 0 spiro atoms. The number of nitrogens with zero attached hydrogens (tertiary/aromatic N) is 4. The number of carbonyl (C=O) groups excluding carboxylic acids is 1. The maximum atomic E-state index is 13.8. The predicted octanol–water partition coefficient (Wildman–Crippen LogP) is 3.24. The molecule has 1 aliphatic rings. The van der Waals surface area contributed by atoms with E-state index >= 15 is 0 Å². The number of halogens is 1. The molecule has 1 saturated carbocycles. The van der Waals surface area contributed by atoms with Gasteiger partial charge in [-0.1, -0.05) is 23.9 Å². The van der Waals surface area contributed by atoms with E-state index in [9.17, 15) is 9.18 Å². The van der Waals surface area contributed by atoms with Crippen molar-refractivity contribution in [3.05, 3.63) is 48.1 Å². The fourth-order valence-electron chi connectivity index (χ4n) is 2.76. The lowest BCUT2D eigenvalue weighted by atomic mass is 10.2. The van der Waals surface area contributed by atoms with Crippen molar-refractivity contribution >= 4 is 17.7 Å². The molecule has 3 rings (SSSR count). The van der Waals surface area contributed by atoms with E-state index in [-0.39, 0.29) is 17.4 Å². The van der Waals surface area contributed by atoms with E-state index in [0.717, 1.165) is 23.8 Å². The van der Waals surface area contributed by atoms with Crippen molar-refractivity contribution in [3.8, 4) is 5.75 Å². The number of aromatic nitrogens is 3. The normalized spacial score (nSPS) is 13.4. The lowest BCUT2D eigenvalue weighted by molar-refractivity contribution is -0.127. The monoisotopic (exact) mass is 390 g/mol. The molecule has 1 amide bonds. The van der Waals surface area contributed by atoms with Gasteiger partial charge in [-0.05, 0) is 30.5 Å². The number of rotatable bonds is 9. The number of thioether (sulfide) groups is 1. The lowest BCUT2D eigenvalue weighted by Gasteiger charge is -2.17. The highest BCUT2D eigenvalue weighted by Crippen LogP contribution is 2.40. The SMILES string of the molecule is C=CCn1c(SCC(=O)N(C)Cc2ccc(OC)c(F)c2)nnc1C1CC1. The molecule has 0 atom stereocenters. The first kappa shape index (κ1) is 19.4. The molecule has 1 aliphatic carbocycles. The van der Waals surface area contributed by atoms with Crippen LogP contribution in [0, 0.1) is 5.82 Å². The summed E-state index contributed by atoms with van der Waals surface area (Å²) in [5.74, 6) is 1.40. The van der Waals surface area contributed by atoms with Gasteiger partial charge in [-0.25, -0.2) is 4.39 Å². The van der Waals surface area contributed by atoms with Crippen LogP contribution in [-0.4, -0.2) is 45.5 Å². The number of amides is 1. The summed E-state index contributed by atoms with van der Waals surface area (Å²) < 4.78 is 20.7. The third-order valence-corrected chi connectivity index (χ3v) is 5.34. The van der Waals surface area contributed by atoms with Gasteiger partial charge in [0.15, 0.2) is 16.7 Å². The van der Waals surface area contributed by atoms with Crippen molar-refractivity contribution in [2.45, 2.75) is 37.0 Å². The first-order chi connectivity index (χ1) is 13.0. The average molecular weight is 390 g/mol. The summed E-state index contributed by atoms with van der Waals surface area (Å²) in [6.07, 6.45) is 4.09. The number of allylic oxidation sites excluding steroid dienone is 1. The number of hydrogen-bond acceptors (Lipinski definition) is 5. The van der Waals surface area contributed by atoms with Crippen LogP contribution < -0.4 is 4.74 Å². The molecule has 1 aromatic heterocycles. The van der Waals surface area contributed by atoms with E-state index in [4.69, 9.17) is 4.74 Å². The van der Waals surface area contributed by atoms with Gasteiger partial charge < -0.3 is 14.2 Å². The molecule has 2 aromatic rings. The molecule has 8 heteroatoms. The molecule has 0 bridgehead atoms. The number of ether oxygens (including phenoxy) is 1. The fourth-order valence-corrected chi connectivity index (χ4v) is 3.65. The molecule has 27 heavy (non-hydrogen) atoms. The van der Waals surface area contributed by atoms with Crippen LogP contribution in [-0.2, 0) is 17.9 Å². The maximum absolute atomic E-state index is 13.8. The minimum atomic E-state index is -0.435. The summed E-state index contributed by atoms with van der Waals surface area (Å²) in [5.41, 5.74) is 0.708. The third-order valence-electron chi connectivity index (χ3n) is 4.39. The topological polar surface area (TPSA) is 60.2 Å². The summed E-state index contributed by atoms with van der Waals surface area (Å²) in [5, 5.41) is 9.25. The van der Waals surface area contributed by atoms with E-state index in [2.05, 4.69) is 16.8 Å². The molecule has 0 saturated heterocycles. The number of carbonyl (C=O) groups is 1. The van der Waals surface area contributed by atoms with Crippen LogP contribution in [0.3, 0.4) is 0 Å². The second-order valence-electron chi connectivity index (χ2n) is 6.52. The van der Waals surface area contributed by atoms with Crippen molar-refractivity contribution in [2.75, 3.05) is 19.9 Å². The Bertz CT molecular complexity index is 835. The summed E-state index contributed by atoms with van der Waals surface area (Å²) >= 11 is 1.37. The van der Waals surface area contributed by atoms with Gasteiger partial charge in [-0.15, -0.1) is 16.8 Å². The zero-order valence-corrected chi connectivity index (χ0v) is 16.3. The smallest absolute Gasteiger partial charge is 0.233 e. The Labute approximate surface area is 162 Å². The van der Waals surface area contributed by atoms with Gasteiger partial charge in [-0.3, -0.25) is 4.79 Å².